The summed E-state index contributed by atoms with van der Waals surface area (Å²) in [4.78, 5) is 25.2. The summed E-state index contributed by atoms with van der Waals surface area (Å²) in [5.41, 5.74) is 0.486. The molecule has 1 aromatic heterocycles. The van der Waals surface area contributed by atoms with E-state index in [1.807, 2.05) is 6.92 Å². The largest absolute Gasteiger partial charge is 0.481 e. The molecule has 0 saturated heterocycles. The van der Waals surface area contributed by atoms with Gasteiger partial charge in [0.15, 0.2) is 0 Å². The van der Waals surface area contributed by atoms with Gasteiger partial charge in [-0.2, -0.15) is 0 Å². The summed E-state index contributed by atoms with van der Waals surface area (Å²) in [5.74, 6) is -0.812. The van der Waals surface area contributed by atoms with Crippen molar-refractivity contribution >= 4 is 23.3 Å². The molecule has 1 saturated carbocycles. The Labute approximate surface area is 122 Å². The molecule has 0 aliphatic heterocycles. The first kappa shape index (κ1) is 14.8. The molecule has 0 spiro atoms. The molecule has 1 fully saturated rings. The van der Waals surface area contributed by atoms with Crippen LogP contribution in [0.1, 0.15) is 34.6 Å². The molecule has 1 heterocycles. The van der Waals surface area contributed by atoms with Crippen molar-refractivity contribution in [2.75, 3.05) is 6.54 Å². The average Bonchev–Trinajstić information content (AvgIpc) is 2.64. The van der Waals surface area contributed by atoms with E-state index in [-0.39, 0.29) is 12.6 Å². The van der Waals surface area contributed by atoms with E-state index < -0.39 is 11.4 Å². The van der Waals surface area contributed by atoms with Crippen LogP contribution in [0.4, 0.5) is 4.79 Å². The van der Waals surface area contributed by atoms with Crippen LogP contribution < -0.4 is 10.6 Å². The van der Waals surface area contributed by atoms with Gasteiger partial charge in [0.1, 0.15) is 0 Å². The van der Waals surface area contributed by atoms with Gasteiger partial charge >= 0.3 is 12.0 Å². The number of carbonyl (C=O) groups excluding carboxylic acids is 1. The maximum Gasteiger partial charge on any atom is 0.315 e. The second kappa shape index (κ2) is 5.83. The number of hydrogen-bond donors (Lipinski definition) is 3. The summed E-state index contributed by atoms with van der Waals surface area (Å²) in [7, 11) is 0. The van der Waals surface area contributed by atoms with Gasteiger partial charge < -0.3 is 15.7 Å². The Balaban J connectivity index is 1.77. The summed E-state index contributed by atoms with van der Waals surface area (Å²) < 4.78 is 0. The highest BCUT2D eigenvalue weighted by Crippen LogP contribution is 2.40. The van der Waals surface area contributed by atoms with E-state index in [9.17, 15) is 9.59 Å². The van der Waals surface area contributed by atoms with Crippen molar-refractivity contribution < 1.29 is 14.7 Å². The van der Waals surface area contributed by atoms with Crippen LogP contribution in [-0.4, -0.2) is 23.7 Å². The molecule has 0 unspecified atom stereocenters. The van der Waals surface area contributed by atoms with Crippen molar-refractivity contribution in [2.45, 2.75) is 39.7 Å². The SMILES string of the molecule is Cc1cc(CNC(=O)NCC2(C(=O)O)CCC2)sc1C. The first-order chi connectivity index (χ1) is 9.43. The third kappa shape index (κ3) is 3.12. The normalized spacial score (nSPS) is 16.3. The zero-order valence-corrected chi connectivity index (χ0v) is 12.6. The summed E-state index contributed by atoms with van der Waals surface area (Å²) in [6.45, 7) is 4.78. The van der Waals surface area contributed by atoms with Crippen molar-refractivity contribution in [3.63, 3.8) is 0 Å². The smallest absolute Gasteiger partial charge is 0.315 e. The Morgan fingerprint density at radius 3 is 2.50 bits per heavy atom. The van der Waals surface area contributed by atoms with Gasteiger partial charge in [-0.15, -0.1) is 11.3 Å². The Bertz CT molecular complexity index is 501. The van der Waals surface area contributed by atoms with Crippen molar-refractivity contribution in [1.29, 1.82) is 0 Å². The van der Waals surface area contributed by atoms with E-state index >= 15 is 0 Å². The van der Waals surface area contributed by atoms with Crippen molar-refractivity contribution in [2.24, 2.45) is 5.41 Å². The number of thiophene rings is 1. The second-order valence-corrected chi connectivity index (χ2v) is 6.77. The van der Waals surface area contributed by atoms with E-state index in [4.69, 9.17) is 5.11 Å². The average molecular weight is 296 g/mol. The number of carbonyl (C=O) groups is 2. The highest BCUT2D eigenvalue weighted by atomic mass is 32.1. The highest BCUT2D eigenvalue weighted by molar-refractivity contribution is 7.12. The van der Waals surface area contributed by atoms with E-state index in [1.165, 1.54) is 10.4 Å². The van der Waals surface area contributed by atoms with Crippen molar-refractivity contribution in [3.8, 4) is 0 Å². The molecular formula is C14H20N2O3S. The van der Waals surface area contributed by atoms with Gasteiger partial charge in [-0.1, -0.05) is 6.42 Å². The topological polar surface area (TPSA) is 78.4 Å². The summed E-state index contributed by atoms with van der Waals surface area (Å²) in [5, 5.41) is 14.6. The molecular weight excluding hydrogens is 276 g/mol. The number of carboxylic acids is 1. The first-order valence-electron chi connectivity index (χ1n) is 6.74. The Morgan fingerprint density at radius 2 is 2.05 bits per heavy atom. The maximum absolute atomic E-state index is 11.7. The van der Waals surface area contributed by atoms with Crippen LogP contribution >= 0.6 is 11.3 Å². The number of rotatable bonds is 5. The van der Waals surface area contributed by atoms with E-state index in [0.29, 0.717) is 19.4 Å². The number of urea groups is 1. The number of amides is 2. The molecule has 20 heavy (non-hydrogen) atoms. The molecule has 0 atom stereocenters. The third-order valence-electron chi connectivity index (χ3n) is 3.99. The minimum atomic E-state index is -0.812. The van der Waals surface area contributed by atoms with E-state index in [1.54, 1.807) is 11.3 Å². The number of hydrogen-bond acceptors (Lipinski definition) is 3. The lowest BCUT2D eigenvalue weighted by molar-refractivity contribution is -0.153. The molecule has 110 valence electrons. The molecule has 2 amide bonds. The maximum atomic E-state index is 11.7. The van der Waals surface area contributed by atoms with Crippen LogP contribution in [0.5, 0.6) is 0 Å². The lowest BCUT2D eigenvalue weighted by Gasteiger charge is -2.37. The molecule has 0 aromatic carbocycles. The summed E-state index contributed by atoms with van der Waals surface area (Å²) in [6.07, 6.45) is 2.21. The Morgan fingerprint density at radius 1 is 1.35 bits per heavy atom. The zero-order chi connectivity index (χ0) is 14.8. The summed E-state index contributed by atoms with van der Waals surface area (Å²) >= 11 is 1.66. The molecule has 5 nitrogen and oxygen atoms in total. The predicted molar refractivity (Wildman–Crippen MR) is 78.0 cm³/mol. The zero-order valence-electron chi connectivity index (χ0n) is 11.8. The van der Waals surface area contributed by atoms with Crippen LogP contribution in [0.15, 0.2) is 6.07 Å². The van der Waals surface area contributed by atoms with Crippen LogP contribution in [-0.2, 0) is 11.3 Å². The van der Waals surface area contributed by atoms with Crippen molar-refractivity contribution in [3.05, 3.63) is 21.4 Å². The first-order valence-corrected chi connectivity index (χ1v) is 7.56. The molecule has 6 heteroatoms. The van der Waals surface area contributed by atoms with Crippen LogP contribution in [0.2, 0.25) is 0 Å². The standard InChI is InChI=1S/C14H20N2O3S/c1-9-6-11(20-10(9)2)7-15-13(19)16-8-14(12(17)18)4-3-5-14/h6H,3-5,7-8H2,1-2H3,(H,17,18)(H2,15,16,19). The van der Waals surface area contributed by atoms with Gasteiger partial charge in [0, 0.05) is 16.3 Å². The van der Waals surface area contributed by atoms with Gasteiger partial charge in [0.25, 0.3) is 0 Å². The minimum absolute atomic E-state index is 0.205. The fourth-order valence-corrected chi connectivity index (χ4v) is 3.28. The third-order valence-corrected chi connectivity index (χ3v) is 5.14. The number of nitrogens with one attached hydrogen (secondary N) is 2. The lowest BCUT2D eigenvalue weighted by Crippen LogP contribution is -2.49. The number of carboxylic acid groups (broad SMARTS) is 1. The van der Waals surface area contributed by atoms with Crippen molar-refractivity contribution in [1.82, 2.24) is 10.6 Å². The van der Waals surface area contributed by atoms with Crippen LogP contribution in [0, 0.1) is 19.3 Å². The summed E-state index contributed by atoms with van der Waals surface area (Å²) in [6, 6.07) is 1.76. The predicted octanol–water partition coefficient (Wildman–Crippen LogP) is 2.42. The van der Waals surface area contributed by atoms with Crippen LogP contribution in [0.25, 0.3) is 0 Å². The molecule has 3 N–H and O–H groups in total. The lowest BCUT2D eigenvalue weighted by atomic mass is 9.69. The van der Waals surface area contributed by atoms with E-state index in [2.05, 4.69) is 23.6 Å². The van der Waals surface area contributed by atoms with Gasteiger partial charge in [-0.05, 0) is 38.3 Å². The quantitative estimate of drug-likeness (QED) is 0.781. The monoisotopic (exact) mass is 296 g/mol. The van der Waals surface area contributed by atoms with Gasteiger partial charge in [-0.25, -0.2) is 4.79 Å². The molecule has 2 rings (SSSR count). The molecule has 0 bridgehead atoms. The van der Waals surface area contributed by atoms with Gasteiger partial charge in [0.05, 0.1) is 12.0 Å². The second-order valence-electron chi connectivity index (χ2n) is 5.43. The highest BCUT2D eigenvalue weighted by Gasteiger charge is 2.44. The van der Waals surface area contributed by atoms with E-state index in [0.717, 1.165) is 11.3 Å². The fraction of sp³-hybridized carbons (Fsp3) is 0.571. The van der Waals surface area contributed by atoms with Crippen LogP contribution in [0.3, 0.4) is 0 Å². The molecule has 0 radical (unpaired) electrons. The Hall–Kier alpha value is -1.56. The molecule has 1 aliphatic carbocycles. The minimum Gasteiger partial charge on any atom is -0.481 e. The molecule has 1 aromatic rings. The fourth-order valence-electron chi connectivity index (χ4n) is 2.29. The Kier molecular flexibility index (Phi) is 4.32. The van der Waals surface area contributed by atoms with Gasteiger partial charge in [-0.3, -0.25) is 4.79 Å². The number of aliphatic carboxylic acids is 1. The molecule has 1 aliphatic rings. The van der Waals surface area contributed by atoms with Gasteiger partial charge in [0.2, 0.25) is 0 Å². The number of aryl methyl sites for hydroxylation is 2.